The minimum atomic E-state index is 0.560. The summed E-state index contributed by atoms with van der Waals surface area (Å²) in [6, 6.07) is 8.74. The van der Waals surface area contributed by atoms with Gasteiger partial charge >= 0.3 is 0 Å². The lowest BCUT2D eigenvalue weighted by molar-refractivity contribution is 0.363. The molecule has 0 bridgehead atoms. The highest BCUT2D eigenvalue weighted by Crippen LogP contribution is 2.12. The second kappa shape index (κ2) is 7.07. The number of rotatable bonds is 7. The summed E-state index contributed by atoms with van der Waals surface area (Å²) >= 11 is 0. The lowest BCUT2D eigenvalue weighted by atomic mass is 10.2. The molecular formula is C14H21NO. The first-order chi connectivity index (χ1) is 7.76. The third-order valence-corrected chi connectivity index (χ3v) is 2.56. The Labute approximate surface area is 98.3 Å². The molecule has 0 saturated heterocycles. The Morgan fingerprint density at radius 1 is 1.38 bits per heavy atom. The van der Waals surface area contributed by atoms with Crippen molar-refractivity contribution in [2.45, 2.75) is 32.9 Å². The maximum absolute atomic E-state index is 5.42. The molecule has 2 nitrogen and oxygen atoms in total. The highest BCUT2D eigenvalue weighted by molar-refractivity contribution is 5.27. The topological polar surface area (TPSA) is 21.3 Å². The van der Waals surface area contributed by atoms with E-state index in [1.807, 2.05) is 12.1 Å². The minimum Gasteiger partial charge on any atom is -0.490 e. The summed E-state index contributed by atoms with van der Waals surface area (Å²) in [5, 5.41) is 3.45. The molecule has 0 heterocycles. The standard InChI is InChI=1S/C14H21NO/c1-4-10-16-14-8-6-13(7-9-14)11-15-12(3)5-2/h4,6-9,12,15H,1,5,10-11H2,2-3H3/t12-/m1/s1. The van der Waals surface area contributed by atoms with Crippen LogP contribution in [0.5, 0.6) is 5.75 Å². The second-order valence-electron chi connectivity index (χ2n) is 3.93. The Balaban J connectivity index is 2.41. The fraction of sp³-hybridized carbons (Fsp3) is 0.429. The highest BCUT2D eigenvalue weighted by atomic mass is 16.5. The molecule has 88 valence electrons. The number of hydrogen-bond acceptors (Lipinski definition) is 2. The Bertz CT molecular complexity index is 305. The van der Waals surface area contributed by atoms with E-state index in [9.17, 15) is 0 Å². The number of nitrogens with one attached hydrogen (secondary N) is 1. The average molecular weight is 219 g/mol. The molecule has 2 heteroatoms. The molecule has 0 fully saturated rings. The van der Waals surface area contributed by atoms with Crippen molar-refractivity contribution in [2.75, 3.05) is 6.61 Å². The molecule has 1 atom stereocenters. The summed E-state index contributed by atoms with van der Waals surface area (Å²) in [6.07, 6.45) is 2.90. The summed E-state index contributed by atoms with van der Waals surface area (Å²) in [6.45, 7) is 9.47. The fourth-order valence-electron chi connectivity index (χ4n) is 1.30. The minimum absolute atomic E-state index is 0.560. The Morgan fingerprint density at radius 2 is 2.06 bits per heavy atom. The van der Waals surface area contributed by atoms with Crippen LogP contribution < -0.4 is 10.1 Å². The van der Waals surface area contributed by atoms with E-state index in [4.69, 9.17) is 4.74 Å². The van der Waals surface area contributed by atoms with Crippen LogP contribution in [-0.4, -0.2) is 12.6 Å². The predicted octanol–water partition coefficient (Wildman–Crippen LogP) is 3.14. The van der Waals surface area contributed by atoms with Crippen LogP contribution >= 0.6 is 0 Å². The van der Waals surface area contributed by atoms with Crippen LogP contribution in [-0.2, 0) is 6.54 Å². The van der Waals surface area contributed by atoms with Gasteiger partial charge in [-0.2, -0.15) is 0 Å². The van der Waals surface area contributed by atoms with E-state index in [0.29, 0.717) is 12.6 Å². The normalized spacial score (nSPS) is 12.1. The molecule has 16 heavy (non-hydrogen) atoms. The van der Waals surface area contributed by atoms with Gasteiger partial charge in [-0.05, 0) is 31.0 Å². The third kappa shape index (κ3) is 4.49. The molecule has 1 N–H and O–H groups in total. The maximum Gasteiger partial charge on any atom is 0.119 e. The van der Waals surface area contributed by atoms with E-state index < -0.39 is 0 Å². The molecule has 0 aliphatic heterocycles. The van der Waals surface area contributed by atoms with Crippen LogP contribution in [0.2, 0.25) is 0 Å². The lowest BCUT2D eigenvalue weighted by Gasteiger charge is -2.11. The molecule has 0 amide bonds. The predicted molar refractivity (Wildman–Crippen MR) is 68.7 cm³/mol. The van der Waals surface area contributed by atoms with Crippen LogP contribution in [0.15, 0.2) is 36.9 Å². The maximum atomic E-state index is 5.42. The molecule has 1 rings (SSSR count). The monoisotopic (exact) mass is 219 g/mol. The van der Waals surface area contributed by atoms with Gasteiger partial charge < -0.3 is 10.1 Å². The van der Waals surface area contributed by atoms with Crippen LogP contribution in [0.1, 0.15) is 25.8 Å². The van der Waals surface area contributed by atoms with E-state index in [0.717, 1.165) is 18.7 Å². The molecule has 0 aromatic heterocycles. The zero-order valence-electron chi connectivity index (χ0n) is 10.2. The Kier molecular flexibility index (Phi) is 5.65. The van der Waals surface area contributed by atoms with Crippen molar-refractivity contribution in [1.82, 2.24) is 5.32 Å². The molecule has 0 aliphatic rings. The molecule has 0 aliphatic carbocycles. The van der Waals surface area contributed by atoms with Crippen molar-refractivity contribution in [3.05, 3.63) is 42.5 Å². The van der Waals surface area contributed by atoms with Gasteiger partial charge in [0.1, 0.15) is 12.4 Å². The van der Waals surface area contributed by atoms with Crippen LogP contribution in [0.25, 0.3) is 0 Å². The van der Waals surface area contributed by atoms with Gasteiger partial charge in [-0.1, -0.05) is 31.7 Å². The zero-order chi connectivity index (χ0) is 11.8. The van der Waals surface area contributed by atoms with Gasteiger partial charge in [0, 0.05) is 12.6 Å². The number of hydrogen-bond donors (Lipinski definition) is 1. The zero-order valence-corrected chi connectivity index (χ0v) is 10.2. The summed E-state index contributed by atoms with van der Waals surface area (Å²) in [5.74, 6) is 0.896. The van der Waals surface area contributed by atoms with Gasteiger partial charge in [0.15, 0.2) is 0 Å². The summed E-state index contributed by atoms with van der Waals surface area (Å²) in [7, 11) is 0. The van der Waals surface area contributed by atoms with E-state index in [-0.39, 0.29) is 0 Å². The summed E-state index contributed by atoms with van der Waals surface area (Å²) in [4.78, 5) is 0. The molecule has 1 aromatic carbocycles. The Morgan fingerprint density at radius 3 is 2.62 bits per heavy atom. The van der Waals surface area contributed by atoms with Gasteiger partial charge in [0.05, 0.1) is 0 Å². The summed E-state index contributed by atoms with van der Waals surface area (Å²) < 4.78 is 5.42. The van der Waals surface area contributed by atoms with Gasteiger partial charge in [-0.3, -0.25) is 0 Å². The van der Waals surface area contributed by atoms with Crippen molar-refractivity contribution < 1.29 is 4.74 Å². The first-order valence-corrected chi connectivity index (χ1v) is 5.82. The van der Waals surface area contributed by atoms with E-state index in [2.05, 4.69) is 37.9 Å². The molecular weight excluding hydrogens is 198 g/mol. The van der Waals surface area contributed by atoms with E-state index in [1.54, 1.807) is 6.08 Å². The van der Waals surface area contributed by atoms with Crippen LogP contribution in [0.3, 0.4) is 0 Å². The number of ether oxygens (including phenoxy) is 1. The molecule has 0 unspecified atom stereocenters. The second-order valence-corrected chi connectivity index (χ2v) is 3.93. The van der Waals surface area contributed by atoms with Crippen LogP contribution in [0, 0.1) is 0 Å². The molecule has 0 spiro atoms. The van der Waals surface area contributed by atoms with Gasteiger partial charge in [0.25, 0.3) is 0 Å². The van der Waals surface area contributed by atoms with Gasteiger partial charge in [-0.15, -0.1) is 0 Å². The van der Waals surface area contributed by atoms with Crippen molar-refractivity contribution in [3.63, 3.8) is 0 Å². The fourth-order valence-corrected chi connectivity index (χ4v) is 1.30. The van der Waals surface area contributed by atoms with Crippen molar-refractivity contribution in [1.29, 1.82) is 0 Å². The quantitative estimate of drug-likeness (QED) is 0.711. The van der Waals surface area contributed by atoms with Gasteiger partial charge in [0.2, 0.25) is 0 Å². The van der Waals surface area contributed by atoms with Crippen molar-refractivity contribution in [3.8, 4) is 5.75 Å². The first-order valence-electron chi connectivity index (χ1n) is 5.82. The summed E-state index contributed by atoms with van der Waals surface area (Å²) in [5.41, 5.74) is 1.28. The Hall–Kier alpha value is -1.28. The average Bonchev–Trinajstić information content (AvgIpc) is 2.34. The lowest BCUT2D eigenvalue weighted by Crippen LogP contribution is -2.24. The molecule has 0 saturated carbocycles. The smallest absolute Gasteiger partial charge is 0.119 e. The highest BCUT2D eigenvalue weighted by Gasteiger charge is 1.98. The van der Waals surface area contributed by atoms with Crippen molar-refractivity contribution >= 4 is 0 Å². The molecule has 1 aromatic rings. The number of benzene rings is 1. The largest absolute Gasteiger partial charge is 0.490 e. The molecule has 0 radical (unpaired) electrons. The SMILES string of the molecule is C=CCOc1ccc(CN[C@H](C)CC)cc1. The van der Waals surface area contributed by atoms with Gasteiger partial charge in [-0.25, -0.2) is 0 Å². The van der Waals surface area contributed by atoms with E-state index in [1.165, 1.54) is 5.56 Å². The van der Waals surface area contributed by atoms with Crippen LogP contribution in [0.4, 0.5) is 0 Å². The third-order valence-electron chi connectivity index (χ3n) is 2.56. The first kappa shape index (κ1) is 12.8. The van der Waals surface area contributed by atoms with E-state index >= 15 is 0 Å². The van der Waals surface area contributed by atoms with Crippen molar-refractivity contribution in [2.24, 2.45) is 0 Å².